The smallest absolute Gasteiger partial charge is 0.166 e. The molecule has 0 bridgehead atoms. The van der Waals surface area contributed by atoms with Gasteiger partial charge in [0.05, 0.1) is 0 Å². The molecule has 0 spiro atoms. The number of alkyl halides is 1. The third-order valence-electron chi connectivity index (χ3n) is 0.133. The van der Waals surface area contributed by atoms with Gasteiger partial charge in [0, 0.05) is 0 Å². The summed E-state index contributed by atoms with van der Waals surface area (Å²) in [7, 11) is 0. The Labute approximate surface area is 35.2 Å². The molecule has 1 unspecified atom stereocenters. The highest BCUT2D eigenvalue weighted by molar-refractivity contribution is 6.19. The van der Waals surface area contributed by atoms with Gasteiger partial charge in [-0.1, -0.05) is 11.6 Å². The quantitative estimate of drug-likeness (QED) is 0.271. The summed E-state index contributed by atoms with van der Waals surface area (Å²) >= 11 is 4.93. The molecule has 0 rings (SSSR count). The van der Waals surface area contributed by atoms with Crippen LogP contribution in [0.4, 0.5) is 0 Å². The van der Waals surface area contributed by atoms with Gasteiger partial charge in [0.15, 0.2) is 5.56 Å². The summed E-state index contributed by atoms with van der Waals surface area (Å²) in [5.41, 5.74) is -0.699. The van der Waals surface area contributed by atoms with E-state index in [1.165, 1.54) is 6.92 Å². The Morgan fingerprint density at radius 1 is 2.00 bits per heavy atom. The van der Waals surface area contributed by atoms with Crippen LogP contribution in [0.15, 0.2) is 0 Å². The van der Waals surface area contributed by atoms with Crippen molar-refractivity contribution in [1.29, 1.82) is 0 Å². The Morgan fingerprint density at radius 2 is 2.20 bits per heavy atom. The van der Waals surface area contributed by atoms with Crippen molar-refractivity contribution in [3.63, 3.8) is 0 Å². The molecule has 0 aliphatic heterocycles. The van der Waals surface area contributed by atoms with E-state index in [0.717, 1.165) is 0 Å². The van der Waals surface area contributed by atoms with Crippen molar-refractivity contribution in [1.82, 2.24) is 0 Å². The minimum atomic E-state index is -0.699. The second-order valence-corrected chi connectivity index (χ2v) is 1.25. The van der Waals surface area contributed by atoms with Crippen LogP contribution >= 0.6 is 11.6 Å². The highest BCUT2D eigenvalue weighted by Crippen LogP contribution is 1.89. The molecule has 0 aliphatic rings. The van der Waals surface area contributed by atoms with E-state index in [0.29, 0.717) is 0 Å². The minimum Gasteiger partial charge on any atom is -0.185 e. The summed E-state index contributed by atoms with van der Waals surface area (Å²) in [5, 5.41) is 9.00. The van der Waals surface area contributed by atoms with Crippen LogP contribution in [0.1, 0.15) is 6.92 Å². The molecule has 1 radical (unpaired) electrons. The lowest BCUT2D eigenvalue weighted by Crippen LogP contribution is -1.88. The zero-order valence-electron chi connectivity index (χ0n) is 2.77. The van der Waals surface area contributed by atoms with Crippen LogP contribution in [0.3, 0.4) is 0 Å². The van der Waals surface area contributed by atoms with Gasteiger partial charge in [0.2, 0.25) is 0 Å². The largest absolute Gasteiger partial charge is 0.185 e. The Bertz CT molecular complexity index is 21.6. The van der Waals surface area contributed by atoms with Crippen molar-refractivity contribution in [3.05, 3.63) is 0 Å². The van der Waals surface area contributed by atoms with Crippen LogP contribution in [0, 0.1) is 0 Å². The van der Waals surface area contributed by atoms with E-state index in [1.54, 1.807) is 0 Å². The van der Waals surface area contributed by atoms with E-state index in [4.69, 9.17) is 16.9 Å². The van der Waals surface area contributed by atoms with Gasteiger partial charge in [-0.3, -0.25) is 0 Å². The van der Waals surface area contributed by atoms with E-state index >= 15 is 0 Å². The molecular formula is C2H4ClO2. The normalized spacial score (nSPS) is 15.0. The fourth-order valence-corrected chi connectivity index (χ4v) is 0. The van der Waals surface area contributed by atoms with E-state index in [-0.39, 0.29) is 0 Å². The van der Waals surface area contributed by atoms with Crippen LogP contribution < -0.4 is 0 Å². The van der Waals surface area contributed by atoms with Crippen molar-refractivity contribution in [2.45, 2.75) is 12.5 Å². The second kappa shape index (κ2) is 2.45. The third kappa shape index (κ3) is 4.21. The molecule has 0 aliphatic carbocycles. The maximum Gasteiger partial charge on any atom is 0.166 e. The summed E-state index contributed by atoms with van der Waals surface area (Å²) in [4.78, 5) is 3.27. The standard InChI is InChI=1S/C2H4ClO2/c1-2(3)5-4/h2H,1H3. The van der Waals surface area contributed by atoms with Crippen LogP contribution in [0.5, 0.6) is 0 Å². The van der Waals surface area contributed by atoms with E-state index in [1.807, 2.05) is 0 Å². The molecule has 0 aromatic rings. The van der Waals surface area contributed by atoms with Gasteiger partial charge in [-0.25, -0.2) is 0 Å². The van der Waals surface area contributed by atoms with Gasteiger partial charge in [-0.15, -0.1) is 0 Å². The molecule has 0 aromatic heterocycles. The van der Waals surface area contributed by atoms with Crippen LogP contribution in [0.25, 0.3) is 0 Å². The van der Waals surface area contributed by atoms with Crippen LogP contribution in [-0.2, 0) is 10.1 Å². The van der Waals surface area contributed by atoms with Crippen molar-refractivity contribution in [2.75, 3.05) is 0 Å². The monoisotopic (exact) mass is 95.0 g/mol. The molecule has 2 nitrogen and oxygen atoms in total. The lowest BCUT2D eigenvalue weighted by Gasteiger charge is -1.85. The Kier molecular flexibility index (Phi) is 2.55. The topological polar surface area (TPSA) is 29.1 Å². The highest BCUT2D eigenvalue weighted by atomic mass is 35.5. The summed E-state index contributed by atoms with van der Waals surface area (Å²) in [6.07, 6.45) is 0. The molecule has 1 atom stereocenters. The first-order valence-electron chi connectivity index (χ1n) is 1.20. The average Bonchev–Trinajstić information content (AvgIpc) is 1.38. The maximum atomic E-state index is 9.00. The van der Waals surface area contributed by atoms with Gasteiger partial charge in [0.1, 0.15) is 0 Å². The number of halogens is 1. The first-order chi connectivity index (χ1) is 2.27. The average molecular weight is 95.5 g/mol. The molecule has 0 heterocycles. The molecule has 0 N–H and O–H groups in total. The van der Waals surface area contributed by atoms with E-state index < -0.39 is 5.56 Å². The number of rotatable bonds is 1. The van der Waals surface area contributed by atoms with Gasteiger partial charge >= 0.3 is 0 Å². The summed E-state index contributed by atoms with van der Waals surface area (Å²) in [6.45, 7) is 1.45. The minimum absolute atomic E-state index is 0.699. The van der Waals surface area contributed by atoms with Gasteiger partial charge in [0.25, 0.3) is 0 Å². The van der Waals surface area contributed by atoms with Gasteiger partial charge in [-0.2, -0.15) is 4.89 Å². The van der Waals surface area contributed by atoms with Crippen molar-refractivity contribution in [2.24, 2.45) is 0 Å². The number of hydrogen-bond acceptors (Lipinski definition) is 1. The molecule has 0 saturated heterocycles. The highest BCUT2D eigenvalue weighted by Gasteiger charge is 1.87. The second-order valence-electron chi connectivity index (χ2n) is 0.639. The van der Waals surface area contributed by atoms with Crippen molar-refractivity contribution in [3.8, 4) is 0 Å². The SMILES string of the molecule is CC(Cl)O[O]. The zero-order chi connectivity index (χ0) is 4.28. The molecule has 0 aromatic carbocycles. The predicted octanol–water partition coefficient (Wildman–Crippen LogP) is 0.933. The maximum absolute atomic E-state index is 9.00. The van der Waals surface area contributed by atoms with E-state index in [9.17, 15) is 0 Å². The molecule has 5 heavy (non-hydrogen) atoms. The lowest BCUT2D eigenvalue weighted by molar-refractivity contribution is -0.312. The predicted molar refractivity (Wildman–Crippen MR) is 17.1 cm³/mol. The van der Waals surface area contributed by atoms with Crippen LogP contribution in [0.2, 0.25) is 0 Å². The first kappa shape index (κ1) is 5.21. The first-order valence-corrected chi connectivity index (χ1v) is 1.63. The molecular weight excluding hydrogens is 91.5 g/mol. The molecule has 0 fully saturated rings. The van der Waals surface area contributed by atoms with Gasteiger partial charge < -0.3 is 0 Å². The third-order valence-corrected chi connectivity index (χ3v) is 0.205. The molecule has 3 heteroatoms. The van der Waals surface area contributed by atoms with E-state index in [2.05, 4.69) is 4.89 Å². The Hall–Kier alpha value is 0.210. The summed E-state index contributed by atoms with van der Waals surface area (Å²) < 4.78 is 0. The summed E-state index contributed by atoms with van der Waals surface area (Å²) in [5.74, 6) is 0. The molecule has 0 amide bonds. The molecule has 0 saturated carbocycles. The van der Waals surface area contributed by atoms with Crippen molar-refractivity contribution < 1.29 is 10.1 Å². The van der Waals surface area contributed by atoms with Crippen LogP contribution in [-0.4, -0.2) is 5.56 Å². The fourth-order valence-electron chi connectivity index (χ4n) is 0. The Morgan fingerprint density at radius 3 is 2.20 bits per heavy atom. The van der Waals surface area contributed by atoms with Gasteiger partial charge in [-0.05, 0) is 12.2 Å². The fraction of sp³-hybridized carbons (Fsp3) is 1.00. The summed E-state index contributed by atoms with van der Waals surface area (Å²) in [6, 6.07) is 0. The number of hydrogen-bond donors (Lipinski definition) is 0. The zero-order valence-corrected chi connectivity index (χ0v) is 3.53. The van der Waals surface area contributed by atoms with Crippen molar-refractivity contribution >= 4 is 11.6 Å². The molecule has 31 valence electrons. The Balaban J connectivity index is 2.54. The lowest BCUT2D eigenvalue weighted by atomic mass is 10.9.